The molecule has 2 aliphatic rings. The molecule has 2 aliphatic carbocycles. The molecule has 7 nitrogen and oxygen atoms in total. The van der Waals surface area contributed by atoms with E-state index in [0.717, 1.165) is 5.56 Å². The molecule has 0 aliphatic heterocycles. The van der Waals surface area contributed by atoms with E-state index in [-0.39, 0.29) is 36.9 Å². The fourth-order valence-corrected chi connectivity index (χ4v) is 5.93. The van der Waals surface area contributed by atoms with E-state index >= 15 is 0 Å². The Balaban J connectivity index is 1.98. The van der Waals surface area contributed by atoms with Crippen molar-refractivity contribution in [1.29, 1.82) is 0 Å². The molecule has 0 aromatic heterocycles. The number of ether oxygens (including phenoxy) is 3. The number of Topliss-reactive ketones (excluding diaryl/α,β-unsaturated/α-hetero) is 1. The summed E-state index contributed by atoms with van der Waals surface area (Å²) in [7, 11) is 1.57. The molecule has 0 radical (unpaired) electrons. The molecule has 0 N–H and O–H groups in total. The van der Waals surface area contributed by atoms with Gasteiger partial charge in [-0.05, 0) is 54.5 Å². The molecule has 7 heteroatoms. The molecule has 36 heavy (non-hydrogen) atoms. The van der Waals surface area contributed by atoms with Crippen molar-refractivity contribution >= 4 is 24.0 Å². The minimum atomic E-state index is -2.03. The van der Waals surface area contributed by atoms with Crippen LogP contribution in [0.5, 0.6) is 5.75 Å². The number of esters is 2. The fourth-order valence-electron chi connectivity index (χ4n) is 5.93. The SMILES string of the molecule is CCOC(=O)C1(C(=O)OCC)[C@@H]2C(=O)C[C@H](c3ccc(OC)cc3)[C@H]2C=C(C=O)[C@H]1c1ccccc1. The summed E-state index contributed by atoms with van der Waals surface area (Å²) < 4.78 is 16.2. The van der Waals surface area contributed by atoms with E-state index in [1.54, 1.807) is 69.5 Å². The molecule has 1 fully saturated rings. The number of carbonyl (C=O) groups excluding carboxylic acids is 4. The van der Waals surface area contributed by atoms with E-state index in [4.69, 9.17) is 14.2 Å². The number of ketones is 1. The molecule has 2 aromatic rings. The highest BCUT2D eigenvalue weighted by atomic mass is 16.6. The fraction of sp³-hybridized carbons (Fsp3) is 0.379. The van der Waals surface area contributed by atoms with Gasteiger partial charge in [0.05, 0.1) is 26.2 Å². The quantitative estimate of drug-likeness (QED) is 0.313. The molecule has 4 rings (SSSR count). The molecule has 0 bridgehead atoms. The summed E-state index contributed by atoms with van der Waals surface area (Å²) >= 11 is 0. The van der Waals surface area contributed by atoms with Gasteiger partial charge in [-0.15, -0.1) is 0 Å². The molecule has 0 amide bonds. The Bertz CT molecular complexity index is 1150. The molecular formula is C29H30O7. The lowest BCUT2D eigenvalue weighted by Gasteiger charge is -2.45. The summed E-state index contributed by atoms with van der Waals surface area (Å²) in [5, 5.41) is 0. The Labute approximate surface area is 210 Å². The summed E-state index contributed by atoms with van der Waals surface area (Å²) in [5.41, 5.74) is -0.341. The van der Waals surface area contributed by atoms with Crippen LogP contribution in [-0.2, 0) is 28.7 Å². The Hall–Kier alpha value is -3.74. The Morgan fingerprint density at radius 3 is 2.08 bits per heavy atom. The zero-order valence-corrected chi connectivity index (χ0v) is 20.6. The number of aldehydes is 1. The summed E-state index contributed by atoms with van der Waals surface area (Å²) in [6, 6.07) is 16.2. The Kier molecular flexibility index (Phi) is 7.38. The highest BCUT2D eigenvalue weighted by Gasteiger charge is 2.69. The third kappa shape index (κ3) is 4.02. The van der Waals surface area contributed by atoms with Gasteiger partial charge in [0.2, 0.25) is 0 Å². The predicted octanol–water partition coefficient (Wildman–Crippen LogP) is 4.02. The average Bonchev–Trinajstić information content (AvgIpc) is 3.24. The van der Waals surface area contributed by atoms with Gasteiger partial charge in [0, 0.05) is 12.3 Å². The van der Waals surface area contributed by atoms with Gasteiger partial charge in [-0.1, -0.05) is 48.5 Å². The van der Waals surface area contributed by atoms with Crippen LogP contribution in [0.2, 0.25) is 0 Å². The van der Waals surface area contributed by atoms with Gasteiger partial charge in [-0.25, -0.2) is 0 Å². The number of carbonyl (C=O) groups is 4. The average molecular weight is 491 g/mol. The van der Waals surface area contributed by atoms with Crippen LogP contribution in [0, 0.1) is 17.3 Å². The van der Waals surface area contributed by atoms with Crippen LogP contribution in [-0.4, -0.2) is 44.3 Å². The Morgan fingerprint density at radius 2 is 1.56 bits per heavy atom. The topological polar surface area (TPSA) is 96.0 Å². The lowest BCUT2D eigenvalue weighted by Crippen LogP contribution is -2.57. The minimum absolute atomic E-state index is 0.00905. The van der Waals surface area contributed by atoms with Crippen molar-refractivity contribution in [2.24, 2.45) is 17.3 Å². The predicted molar refractivity (Wildman–Crippen MR) is 131 cm³/mol. The highest BCUT2D eigenvalue weighted by Crippen LogP contribution is 2.61. The zero-order valence-electron chi connectivity index (χ0n) is 20.6. The lowest BCUT2D eigenvalue weighted by atomic mass is 9.54. The zero-order chi connectivity index (χ0) is 25.9. The number of rotatable bonds is 8. The van der Waals surface area contributed by atoms with Gasteiger partial charge in [0.25, 0.3) is 0 Å². The van der Waals surface area contributed by atoms with E-state index in [1.165, 1.54) is 0 Å². The molecule has 188 valence electrons. The molecule has 2 aromatic carbocycles. The van der Waals surface area contributed by atoms with Crippen LogP contribution in [0.25, 0.3) is 0 Å². The summed E-state index contributed by atoms with van der Waals surface area (Å²) in [6.45, 7) is 3.30. The van der Waals surface area contributed by atoms with Gasteiger partial charge in [0.1, 0.15) is 17.8 Å². The Morgan fingerprint density at radius 1 is 0.944 bits per heavy atom. The summed E-state index contributed by atoms with van der Waals surface area (Å²) in [5.74, 6) is -4.21. The number of benzene rings is 2. The van der Waals surface area contributed by atoms with E-state index in [9.17, 15) is 19.2 Å². The first kappa shape index (κ1) is 25.4. The van der Waals surface area contributed by atoms with Gasteiger partial charge >= 0.3 is 11.9 Å². The van der Waals surface area contributed by atoms with Gasteiger partial charge in [0.15, 0.2) is 5.41 Å². The number of hydrogen-bond donors (Lipinski definition) is 0. The maximum absolute atomic E-state index is 13.9. The van der Waals surface area contributed by atoms with E-state index in [0.29, 0.717) is 17.6 Å². The molecule has 0 saturated heterocycles. The van der Waals surface area contributed by atoms with Crippen molar-refractivity contribution < 1.29 is 33.4 Å². The second-order valence-corrected chi connectivity index (χ2v) is 9.04. The molecule has 0 spiro atoms. The molecule has 4 atom stereocenters. The number of hydrogen-bond acceptors (Lipinski definition) is 7. The monoisotopic (exact) mass is 490 g/mol. The number of allylic oxidation sites excluding steroid dienone is 2. The first-order valence-corrected chi connectivity index (χ1v) is 12.2. The largest absolute Gasteiger partial charge is 0.497 e. The number of methoxy groups -OCH3 is 1. The van der Waals surface area contributed by atoms with E-state index in [1.807, 2.05) is 12.1 Å². The summed E-state index contributed by atoms with van der Waals surface area (Å²) in [6.07, 6.45) is 2.56. The first-order chi connectivity index (χ1) is 17.4. The van der Waals surface area contributed by atoms with Crippen molar-refractivity contribution in [3.8, 4) is 5.75 Å². The van der Waals surface area contributed by atoms with Crippen LogP contribution in [0.1, 0.15) is 43.2 Å². The van der Waals surface area contributed by atoms with Crippen LogP contribution >= 0.6 is 0 Å². The maximum atomic E-state index is 13.9. The van der Waals surface area contributed by atoms with Crippen LogP contribution in [0.3, 0.4) is 0 Å². The van der Waals surface area contributed by atoms with E-state index in [2.05, 4.69) is 0 Å². The molecule has 0 unspecified atom stereocenters. The number of fused-ring (bicyclic) bond motifs is 1. The second kappa shape index (κ2) is 10.5. The van der Waals surface area contributed by atoms with Crippen molar-refractivity contribution in [3.63, 3.8) is 0 Å². The summed E-state index contributed by atoms with van der Waals surface area (Å²) in [4.78, 5) is 54.0. The van der Waals surface area contributed by atoms with Crippen molar-refractivity contribution in [2.45, 2.75) is 32.1 Å². The second-order valence-electron chi connectivity index (χ2n) is 9.04. The van der Waals surface area contributed by atoms with Crippen LogP contribution < -0.4 is 4.74 Å². The first-order valence-electron chi connectivity index (χ1n) is 12.2. The van der Waals surface area contributed by atoms with Crippen molar-refractivity contribution in [2.75, 3.05) is 20.3 Å². The highest BCUT2D eigenvalue weighted by molar-refractivity contribution is 6.09. The van der Waals surface area contributed by atoms with E-state index < -0.39 is 35.1 Å². The third-order valence-electron chi connectivity index (χ3n) is 7.32. The third-order valence-corrected chi connectivity index (χ3v) is 7.32. The van der Waals surface area contributed by atoms with Crippen molar-refractivity contribution in [3.05, 3.63) is 77.4 Å². The van der Waals surface area contributed by atoms with Gasteiger partial charge in [-0.2, -0.15) is 0 Å². The smallest absolute Gasteiger partial charge is 0.325 e. The van der Waals surface area contributed by atoms with Crippen LogP contribution in [0.15, 0.2) is 66.2 Å². The molecule has 1 saturated carbocycles. The van der Waals surface area contributed by atoms with Gasteiger partial charge in [-0.3, -0.25) is 19.2 Å². The molecule has 0 heterocycles. The van der Waals surface area contributed by atoms with Crippen LogP contribution in [0.4, 0.5) is 0 Å². The van der Waals surface area contributed by atoms with Crippen molar-refractivity contribution in [1.82, 2.24) is 0 Å². The maximum Gasteiger partial charge on any atom is 0.325 e. The lowest BCUT2D eigenvalue weighted by molar-refractivity contribution is -0.181. The standard InChI is InChI=1S/C29H30O7/c1-4-35-27(32)29(28(33)36-5-2)25(19-9-7-6-8-10-19)20(17-30)15-23-22(16-24(31)26(23)29)18-11-13-21(34-3)14-12-18/h6-15,17,22-23,25-26H,4-5,16H2,1-3H3/t22-,23-,25-,26+/m1/s1. The normalized spacial score (nSPS) is 24.3. The molecular weight excluding hydrogens is 460 g/mol. The minimum Gasteiger partial charge on any atom is -0.497 e. The van der Waals surface area contributed by atoms with Gasteiger partial charge < -0.3 is 14.2 Å².